The van der Waals surface area contributed by atoms with Crippen LogP contribution in [0, 0.1) is 5.82 Å². The van der Waals surface area contributed by atoms with E-state index >= 15 is 0 Å². The molecule has 0 saturated carbocycles. The summed E-state index contributed by atoms with van der Waals surface area (Å²) in [5.74, 6) is -0.459. The Kier molecular flexibility index (Phi) is 4.39. The summed E-state index contributed by atoms with van der Waals surface area (Å²) in [6, 6.07) is 16.0. The van der Waals surface area contributed by atoms with Gasteiger partial charge < -0.3 is 9.80 Å². The number of rotatable bonds is 2. The molecular weight excluding hydrogens is 343 g/mol. The Balaban J connectivity index is 1.63. The van der Waals surface area contributed by atoms with Crippen molar-refractivity contribution in [1.29, 1.82) is 0 Å². The maximum Gasteiger partial charge on any atom is 0.274 e. The first kappa shape index (κ1) is 17.3. The van der Waals surface area contributed by atoms with Gasteiger partial charge in [0.2, 0.25) is 0 Å². The Morgan fingerprint density at radius 3 is 2.78 bits per heavy atom. The van der Waals surface area contributed by atoms with E-state index in [1.165, 1.54) is 16.8 Å². The van der Waals surface area contributed by atoms with Crippen LogP contribution >= 0.6 is 0 Å². The van der Waals surface area contributed by atoms with Gasteiger partial charge in [-0.15, -0.1) is 0 Å². The molecule has 5 nitrogen and oxygen atoms in total. The quantitative estimate of drug-likeness (QED) is 0.699. The first-order chi connectivity index (χ1) is 13.0. The van der Waals surface area contributed by atoms with Crippen molar-refractivity contribution in [2.75, 3.05) is 18.5 Å². The molecule has 0 N–H and O–H groups in total. The van der Waals surface area contributed by atoms with Crippen LogP contribution in [0.25, 0.3) is 5.69 Å². The monoisotopic (exact) mass is 364 g/mol. The fourth-order valence-electron chi connectivity index (χ4n) is 3.57. The van der Waals surface area contributed by atoms with Gasteiger partial charge in [-0.25, -0.2) is 9.07 Å². The minimum Gasteiger partial charge on any atom is -0.372 e. The summed E-state index contributed by atoms with van der Waals surface area (Å²) in [5, 5.41) is 4.38. The van der Waals surface area contributed by atoms with Crippen molar-refractivity contribution < 1.29 is 9.18 Å². The van der Waals surface area contributed by atoms with E-state index in [1.807, 2.05) is 31.0 Å². The van der Waals surface area contributed by atoms with Crippen molar-refractivity contribution in [1.82, 2.24) is 14.7 Å². The summed E-state index contributed by atoms with van der Waals surface area (Å²) in [4.78, 5) is 17.2. The molecule has 27 heavy (non-hydrogen) atoms. The van der Waals surface area contributed by atoms with Crippen LogP contribution in [0.2, 0.25) is 0 Å². The number of fused-ring (bicyclic) bond motifs is 1. The minimum atomic E-state index is -0.336. The molecule has 2 aromatic carbocycles. The highest BCUT2D eigenvalue weighted by atomic mass is 19.1. The molecule has 2 heterocycles. The van der Waals surface area contributed by atoms with Crippen molar-refractivity contribution in [3.05, 3.63) is 77.9 Å². The Morgan fingerprint density at radius 2 is 1.96 bits per heavy atom. The van der Waals surface area contributed by atoms with Crippen LogP contribution in [0.4, 0.5) is 10.1 Å². The number of carbonyl (C=O) groups excluding carboxylic acids is 1. The fraction of sp³-hybridized carbons (Fsp3) is 0.238. The SMILES string of the molecule is C[C@H]1CN(C)c2ccccc2CN1C(=O)c1ccn(-c2cccc(F)c2)n1. The minimum absolute atomic E-state index is 0.0363. The average Bonchev–Trinajstić information content (AvgIpc) is 3.11. The lowest BCUT2D eigenvalue weighted by Gasteiger charge is -2.27. The second kappa shape index (κ2) is 6.87. The lowest BCUT2D eigenvalue weighted by atomic mass is 10.1. The van der Waals surface area contributed by atoms with Gasteiger partial charge in [-0.3, -0.25) is 4.79 Å². The Bertz CT molecular complexity index is 984. The number of benzene rings is 2. The van der Waals surface area contributed by atoms with Gasteiger partial charge in [0, 0.05) is 38.1 Å². The second-order valence-electron chi connectivity index (χ2n) is 6.92. The van der Waals surface area contributed by atoms with Crippen LogP contribution in [0.15, 0.2) is 60.8 Å². The molecule has 6 heteroatoms. The molecule has 1 aromatic heterocycles. The number of nitrogens with zero attached hydrogens (tertiary/aromatic N) is 4. The molecule has 138 valence electrons. The number of aromatic nitrogens is 2. The molecule has 0 aliphatic carbocycles. The van der Waals surface area contributed by atoms with Gasteiger partial charge in [0.15, 0.2) is 5.69 Å². The Morgan fingerprint density at radius 1 is 1.15 bits per heavy atom. The van der Waals surface area contributed by atoms with Crippen LogP contribution in [0.1, 0.15) is 23.0 Å². The Hall–Kier alpha value is -3.15. The van der Waals surface area contributed by atoms with Gasteiger partial charge in [0.05, 0.1) is 5.69 Å². The number of amides is 1. The second-order valence-corrected chi connectivity index (χ2v) is 6.92. The van der Waals surface area contributed by atoms with Gasteiger partial charge in [-0.2, -0.15) is 5.10 Å². The van der Waals surface area contributed by atoms with E-state index in [1.54, 1.807) is 24.4 Å². The Labute approximate surface area is 157 Å². The van der Waals surface area contributed by atoms with E-state index < -0.39 is 0 Å². The van der Waals surface area contributed by atoms with Crippen molar-refractivity contribution in [2.45, 2.75) is 19.5 Å². The lowest BCUT2D eigenvalue weighted by Crippen LogP contribution is -2.42. The first-order valence-electron chi connectivity index (χ1n) is 8.94. The average molecular weight is 364 g/mol. The molecule has 0 saturated heterocycles. The predicted molar refractivity (Wildman–Crippen MR) is 103 cm³/mol. The molecule has 0 radical (unpaired) electrons. The lowest BCUT2D eigenvalue weighted by molar-refractivity contribution is 0.0680. The third-order valence-electron chi connectivity index (χ3n) is 4.96. The zero-order valence-corrected chi connectivity index (χ0v) is 15.3. The molecule has 1 amide bonds. The highest BCUT2D eigenvalue weighted by molar-refractivity contribution is 5.92. The van der Waals surface area contributed by atoms with Gasteiger partial charge in [-0.1, -0.05) is 24.3 Å². The summed E-state index contributed by atoms with van der Waals surface area (Å²) >= 11 is 0. The number of hydrogen-bond donors (Lipinski definition) is 0. The first-order valence-corrected chi connectivity index (χ1v) is 8.94. The maximum absolute atomic E-state index is 13.5. The molecule has 0 bridgehead atoms. The molecule has 1 aliphatic heterocycles. The van der Waals surface area contributed by atoms with Crippen LogP contribution in [0.5, 0.6) is 0 Å². The number of hydrogen-bond acceptors (Lipinski definition) is 3. The van der Waals surface area contributed by atoms with E-state index in [2.05, 4.69) is 22.1 Å². The van der Waals surface area contributed by atoms with Crippen molar-refractivity contribution >= 4 is 11.6 Å². The van der Waals surface area contributed by atoms with Gasteiger partial charge in [-0.05, 0) is 42.8 Å². The van der Waals surface area contributed by atoms with E-state index in [9.17, 15) is 9.18 Å². The van der Waals surface area contributed by atoms with Gasteiger partial charge in [0.1, 0.15) is 5.82 Å². The van der Waals surface area contributed by atoms with Crippen molar-refractivity contribution in [3.8, 4) is 5.69 Å². The van der Waals surface area contributed by atoms with E-state index in [-0.39, 0.29) is 17.8 Å². The number of halogens is 1. The molecule has 0 unspecified atom stereocenters. The molecular formula is C21H21FN4O. The van der Waals surface area contributed by atoms with E-state index in [0.29, 0.717) is 17.9 Å². The molecule has 3 aromatic rings. The summed E-state index contributed by atoms with van der Waals surface area (Å²) < 4.78 is 15.0. The molecule has 1 atom stereocenters. The standard InChI is InChI=1S/C21H21FN4O/c1-15-13-24(2)20-9-4-3-6-16(20)14-25(15)21(27)19-10-11-26(23-19)18-8-5-7-17(22)12-18/h3-12,15H,13-14H2,1-2H3/t15-/m0/s1. The smallest absolute Gasteiger partial charge is 0.274 e. The van der Waals surface area contributed by atoms with Gasteiger partial charge in [0.25, 0.3) is 5.91 Å². The number of carbonyl (C=O) groups is 1. The third kappa shape index (κ3) is 3.30. The zero-order chi connectivity index (χ0) is 19.0. The van der Waals surface area contributed by atoms with Gasteiger partial charge >= 0.3 is 0 Å². The highest BCUT2D eigenvalue weighted by Gasteiger charge is 2.28. The van der Waals surface area contributed by atoms with E-state index in [0.717, 1.165) is 17.8 Å². The molecule has 0 spiro atoms. The third-order valence-corrected chi connectivity index (χ3v) is 4.96. The number of para-hydroxylation sites is 1. The zero-order valence-electron chi connectivity index (χ0n) is 15.3. The van der Waals surface area contributed by atoms with Crippen LogP contribution in [-0.4, -0.2) is 40.2 Å². The molecule has 0 fully saturated rings. The predicted octanol–water partition coefficient (Wildman–Crippen LogP) is 3.49. The number of likely N-dealkylation sites (N-methyl/N-ethyl adjacent to an activating group) is 1. The fourth-order valence-corrected chi connectivity index (χ4v) is 3.57. The van der Waals surface area contributed by atoms with Crippen LogP contribution in [-0.2, 0) is 6.54 Å². The van der Waals surface area contributed by atoms with Crippen molar-refractivity contribution in [2.24, 2.45) is 0 Å². The van der Waals surface area contributed by atoms with Crippen LogP contribution < -0.4 is 4.90 Å². The largest absolute Gasteiger partial charge is 0.372 e. The topological polar surface area (TPSA) is 41.4 Å². The maximum atomic E-state index is 13.5. The van der Waals surface area contributed by atoms with Crippen molar-refractivity contribution in [3.63, 3.8) is 0 Å². The summed E-state index contributed by atoms with van der Waals surface area (Å²) in [7, 11) is 2.04. The normalized spacial score (nSPS) is 16.8. The summed E-state index contributed by atoms with van der Waals surface area (Å²) in [6.07, 6.45) is 1.69. The summed E-state index contributed by atoms with van der Waals surface area (Å²) in [6.45, 7) is 3.32. The van der Waals surface area contributed by atoms with Crippen LogP contribution in [0.3, 0.4) is 0 Å². The summed E-state index contributed by atoms with van der Waals surface area (Å²) in [5.41, 5.74) is 3.20. The number of anilines is 1. The van der Waals surface area contributed by atoms with E-state index in [4.69, 9.17) is 0 Å². The highest BCUT2D eigenvalue weighted by Crippen LogP contribution is 2.27. The molecule has 4 rings (SSSR count). The molecule has 1 aliphatic rings.